The zero-order chi connectivity index (χ0) is 22.4. The Balaban J connectivity index is 1.87. The van der Waals surface area contributed by atoms with Crippen LogP contribution in [-0.4, -0.2) is 33.8 Å². The third-order valence-corrected chi connectivity index (χ3v) is 5.59. The molecule has 1 heterocycles. The van der Waals surface area contributed by atoms with Gasteiger partial charge in [-0.2, -0.15) is 5.26 Å². The number of nitriles is 1. The van der Waals surface area contributed by atoms with Crippen molar-refractivity contribution in [2.24, 2.45) is 0 Å². The van der Waals surface area contributed by atoms with E-state index in [1.165, 1.54) is 11.7 Å². The van der Waals surface area contributed by atoms with Crippen LogP contribution in [0.25, 0.3) is 10.9 Å². The first kappa shape index (κ1) is 22.1. The lowest BCUT2D eigenvalue weighted by molar-refractivity contribution is -0.140. The minimum atomic E-state index is -0.594. The Kier molecular flexibility index (Phi) is 7.05. The molecule has 0 saturated carbocycles. The van der Waals surface area contributed by atoms with Gasteiger partial charge < -0.3 is 10.1 Å². The molecule has 158 valence electrons. The normalized spacial score (nSPS) is 11.5. The van der Waals surface area contributed by atoms with E-state index in [1.807, 2.05) is 6.07 Å². The van der Waals surface area contributed by atoms with E-state index in [0.29, 0.717) is 27.3 Å². The van der Waals surface area contributed by atoms with Gasteiger partial charge in [0.25, 0.3) is 5.56 Å². The van der Waals surface area contributed by atoms with Crippen molar-refractivity contribution in [1.29, 1.82) is 5.26 Å². The number of hydrogen-bond donors (Lipinski definition) is 1. The van der Waals surface area contributed by atoms with Crippen molar-refractivity contribution >= 4 is 40.2 Å². The molecule has 8 nitrogen and oxygen atoms in total. The molecule has 2 aromatic carbocycles. The Morgan fingerprint density at radius 3 is 2.77 bits per heavy atom. The molecule has 0 spiro atoms. The Bertz CT molecular complexity index is 1230. The van der Waals surface area contributed by atoms with Gasteiger partial charge in [-0.25, -0.2) is 4.98 Å². The topological polar surface area (TPSA) is 114 Å². The van der Waals surface area contributed by atoms with E-state index in [1.54, 1.807) is 55.5 Å². The number of esters is 1. The highest BCUT2D eigenvalue weighted by Crippen LogP contribution is 2.24. The molecule has 1 aromatic heterocycles. The van der Waals surface area contributed by atoms with Crippen LogP contribution in [0.2, 0.25) is 0 Å². The number of carbonyl (C=O) groups is 2. The van der Waals surface area contributed by atoms with Crippen LogP contribution in [-0.2, 0) is 20.9 Å². The molecule has 0 fully saturated rings. The van der Waals surface area contributed by atoms with E-state index in [0.717, 1.165) is 11.8 Å². The number of aromatic nitrogens is 2. The fourth-order valence-corrected chi connectivity index (χ4v) is 3.80. The molecule has 0 bridgehead atoms. The molecule has 0 radical (unpaired) electrons. The van der Waals surface area contributed by atoms with Gasteiger partial charge in [-0.3, -0.25) is 19.0 Å². The summed E-state index contributed by atoms with van der Waals surface area (Å²) in [6.45, 7) is 1.78. The van der Waals surface area contributed by atoms with Crippen molar-refractivity contribution in [2.75, 3.05) is 12.4 Å². The maximum absolute atomic E-state index is 13.0. The molecule has 3 rings (SSSR count). The summed E-state index contributed by atoms with van der Waals surface area (Å²) in [7, 11) is 1.28. The van der Waals surface area contributed by atoms with Crippen molar-refractivity contribution in [2.45, 2.75) is 30.3 Å². The van der Waals surface area contributed by atoms with E-state index in [9.17, 15) is 14.4 Å². The zero-order valence-electron chi connectivity index (χ0n) is 17.0. The second kappa shape index (κ2) is 9.91. The zero-order valence-corrected chi connectivity index (χ0v) is 17.8. The molecule has 1 atom stereocenters. The van der Waals surface area contributed by atoms with E-state index >= 15 is 0 Å². The Labute approximate surface area is 182 Å². The first-order chi connectivity index (χ1) is 14.9. The van der Waals surface area contributed by atoms with Gasteiger partial charge in [0.2, 0.25) is 5.91 Å². The third kappa shape index (κ3) is 5.29. The second-order valence-corrected chi connectivity index (χ2v) is 7.94. The van der Waals surface area contributed by atoms with Crippen LogP contribution in [0, 0.1) is 11.3 Å². The van der Waals surface area contributed by atoms with Crippen molar-refractivity contribution in [3.63, 3.8) is 0 Å². The Hall–Kier alpha value is -3.64. The number of amides is 1. The maximum atomic E-state index is 13.0. The van der Waals surface area contributed by atoms with Crippen molar-refractivity contribution in [3.8, 4) is 6.07 Å². The molecule has 31 heavy (non-hydrogen) atoms. The highest BCUT2D eigenvalue weighted by Gasteiger charge is 2.20. The number of nitrogens with zero attached hydrogens (tertiary/aromatic N) is 3. The summed E-state index contributed by atoms with van der Waals surface area (Å²) < 4.78 is 6.07. The standard InChI is InChI=1S/C22H20N4O4S/c1-14(20(28)24-16-7-5-6-15(12-16)13-23)31-22-25-18-9-4-3-8-17(18)21(29)26(22)11-10-19(27)30-2/h3-9,12,14H,10-11H2,1-2H3,(H,24,28). The molecule has 9 heteroatoms. The number of ether oxygens (including phenoxy) is 1. The minimum absolute atomic E-state index is 0.00547. The summed E-state index contributed by atoms with van der Waals surface area (Å²) in [5, 5.41) is 11.9. The molecule has 0 aliphatic heterocycles. The van der Waals surface area contributed by atoms with Crippen molar-refractivity contribution < 1.29 is 14.3 Å². The first-order valence-corrected chi connectivity index (χ1v) is 10.3. The number of carbonyl (C=O) groups excluding carboxylic acids is 2. The number of fused-ring (bicyclic) bond motifs is 1. The maximum Gasteiger partial charge on any atom is 0.307 e. The summed E-state index contributed by atoms with van der Waals surface area (Å²) in [5.41, 5.74) is 1.17. The monoisotopic (exact) mass is 436 g/mol. The predicted molar refractivity (Wildman–Crippen MR) is 118 cm³/mol. The number of anilines is 1. The third-order valence-electron chi connectivity index (χ3n) is 4.50. The molecule has 0 saturated heterocycles. The van der Waals surface area contributed by atoms with E-state index < -0.39 is 11.2 Å². The molecule has 1 N–H and O–H groups in total. The summed E-state index contributed by atoms with van der Waals surface area (Å²) in [6.07, 6.45) is 0.00547. The summed E-state index contributed by atoms with van der Waals surface area (Å²) in [4.78, 5) is 41.8. The number of benzene rings is 2. The predicted octanol–water partition coefficient (Wildman–Crippen LogP) is 2.95. The lowest BCUT2D eigenvalue weighted by Gasteiger charge is -2.16. The summed E-state index contributed by atoms with van der Waals surface area (Å²) >= 11 is 1.12. The highest BCUT2D eigenvalue weighted by molar-refractivity contribution is 8.00. The molecule has 1 unspecified atom stereocenters. The lowest BCUT2D eigenvalue weighted by atomic mass is 10.2. The molecule has 3 aromatic rings. The Morgan fingerprint density at radius 1 is 1.26 bits per heavy atom. The first-order valence-electron chi connectivity index (χ1n) is 9.47. The van der Waals surface area contributed by atoms with Gasteiger partial charge in [-0.15, -0.1) is 0 Å². The smallest absolute Gasteiger partial charge is 0.307 e. The van der Waals surface area contributed by atoms with Gasteiger partial charge in [-0.1, -0.05) is 30.0 Å². The van der Waals surface area contributed by atoms with Crippen LogP contribution in [0.4, 0.5) is 5.69 Å². The van der Waals surface area contributed by atoms with Crippen LogP contribution >= 0.6 is 11.8 Å². The van der Waals surface area contributed by atoms with Gasteiger partial charge in [0.15, 0.2) is 5.16 Å². The van der Waals surface area contributed by atoms with Crippen LogP contribution < -0.4 is 10.9 Å². The number of rotatable bonds is 7. The van der Waals surface area contributed by atoms with Crippen LogP contribution in [0.5, 0.6) is 0 Å². The molecule has 0 aliphatic carbocycles. The van der Waals surface area contributed by atoms with E-state index in [-0.39, 0.29) is 24.4 Å². The number of hydrogen-bond acceptors (Lipinski definition) is 7. The number of methoxy groups -OCH3 is 1. The minimum Gasteiger partial charge on any atom is -0.469 e. The molecule has 1 amide bonds. The van der Waals surface area contributed by atoms with E-state index in [4.69, 9.17) is 5.26 Å². The van der Waals surface area contributed by atoms with Gasteiger partial charge in [0, 0.05) is 12.2 Å². The summed E-state index contributed by atoms with van der Waals surface area (Å²) in [6, 6.07) is 15.5. The average molecular weight is 436 g/mol. The van der Waals surface area contributed by atoms with Gasteiger partial charge in [-0.05, 0) is 37.3 Å². The van der Waals surface area contributed by atoms with Crippen LogP contribution in [0.1, 0.15) is 18.9 Å². The van der Waals surface area contributed by atoms with Crippen molar-refractivity contribution in [1.82, 2.24) is 9.55 Å². The van der Waals surface area contributed by atoms with Gasteiger partial charge >= 0.3 is 5.97 Å². The van der Waals surface area contributed by atoms with Gasteiger partial charge in [0.05, 0.1) is 41.3 Å². The fourth-order valence-electron chi connectivity index (χ4n) is 2.86. The average Bonchev–Trinajstić information content (AvgIpc) is 2.78. The molecular weight excluding hydrogens is 416 g/mol. The van der Waals surface area contributed by atoms with Crippen LogP contribution in [0.3, 0.4) is 0 Å². The highest BCUT2D eigenvalue weighted by atomic mass is 32.2. The SMILES string of the molecule is COC(=O)CCn1c(SC(C)C(=O)Nc2cccc(C#N)c2)nc2ccccc2c1=O. The number of para-hydroxylation sites is 1. The van der Waals surface area contributed by atoms with Crippen LogP contribution in [0.15, 0.2) is 58.5 Å². The Morgan fingerprint density at radius 2 is 2.03 bits per heavy atom. The number of nitrogens with one attached hydrogen (secondary N) is 1. The van der Waals surface area contributed by atoms with Crippen molar-refractivity contribution in [3.05, 3.63) is 64.4 Å². The number of thioether (sulfide) groups is 1. The largest absolute Gasteiger partial charge is 0.469 e. The molecule has 0 aliphatic rings. The van der Waals surface area contributed by atoms with E-state index in [2.05, 4.69) is 15.0 Å². The fraction of sp³-hybridized carbons (Fsp3) is 0.227. The lowest BCUT2D eigenvalue weighted by Crippen LogP contribution is -2.27. The molecular formula is C22H20N4O4S. The second-order valence-electron chi connectivity index (χ2n) is 6.64. The summed E-state index contributed by atoms with van der Waals surface area (Å²) in [5.74, 6) is -0.749. The quantitative estimate of drug-likeness (QED) is 0.344. The van der Waals surface area contributed by atoms with Gasteiger partial charge in [0.1, 0.15) is 0 Å².